The first-order valence-electron chi connectivity index (χ1n) is 7.81. The van der Waals surface area contributed by atoms with Crippen molar-refractivity contribution in [2.24, 2.45) is 5.92 Å². The third-order valence-corrected chi connectivity index (χ3v) is 6.01. The highest BCUT2D eigenvalue weighted by atomic mass is 32.2. The number of aromatic nitrogens is 3. The predicted octanol–water partition coefficient (Wildman–Crippen LogP) is 2.51. The summed E-state index contributed by atoms with van der Waals surface area (Å²) in [5.74, 6) is 7.56. The molecule has 2 heterocycles. The molecule has 1 aliphatic rings. The molecule has 1 aliphatic carbocycles. The van der Waals surface area contributed by atoms with E-state index in [9.17, 15) is 4.79 Å². The number of carbonyl (C=O) groups excluding carboxylic acids is 1. The Labute approximate surface area is 143 Å². The smallest absolute Gasteiger partial charge is 0.230 e. The fraction of sp³-hybridized carbons (Fsp3) is 0.533. The second-order valence-corrected chi connectivity index (χ2v) is 7.77. The highest BCUT2D eigenvalue weighted by Gasteiger charge is 2.23. The molecule has 1 saturated carbocycles. The summed E-state index contributed by atoms with van der Waals surface area (Å²) in [6.45, 7) is 2.21. The zero-order chi connectivity index (χ0) is 16.2. The summed E-state index contributed by atoms with van der Waals surface area (Å²) in [5, 5.41) is 13.9. The van der Waals surface area contributed by atoms with Crippen LogP contribution in [0.3, 0.4) is 0 Å². The van der Waals surface area contributed by atoms with Crippen LogP contribution in [0.15, 0.2) is 22.7 Å². The molecule has 3 N–H and O–H groups in total. The number of thiophene rings is 1. The predicted molar refractivity (Wildman–Crippen MR) is 93.8 cm³/mol. The maximum Gasteiger partial charge on any atom is 0.230 e. The molecule has 0 radical (unpaired) electrons. The van der Waals surface area contributed by atoms with Gasteiger partial charge in [-0.3, -0.25) is 4.79 Å². The van der Waals surface area contributed by atoms with Gasteiger partial charge in [-0.25, -0.2) is 4.68 Å². The van der Waals surface area contributed by atoms with Crippen molar-refractivity contribution in [2.75, 3.05) is 11.6 Å². The van der Waals surface area contributed by atoms with E-state index < -0.39 is 0 Å². The SMILES string of the molecule is C[C@H]1CCCC[C@H]1NC(=O)CSc1nnc(-c2cccs2)n1N. The van der Waals surface area contributed by atoms with Gasteiger partial charge in [0.15, 0.2) is 5.82 Å². The Balaban J connectivity index is 1.55. The summed E-state index contributed by atoms with van der Waals surface area (Å²) < 4.78 is 1.45. The van der Waals surface area contributed by atoms with Crippen molar-refractivity contribution in [3.05, 3.63) is 17.5 Å². The molecular formula is C15H21N5OS2. The lowest BCUT2D eigenvalue weighted by atomic mass is 9.86. The van der Waals surface area contributed by atoms with Crippen molar-refractivity contribution in [2.45, 2.75) is 43.8 Å². The minimum absolute atomic E-state index is 0.0365. The van der Waals surface area contributed by atoms with E-state index in [1.165, 1.54) is 35.7 Å². The maximum atomic E-state index is 12.1. The van der Waals surface area contributed by atoms with Crippen molar-refractivity contribution in [1.82, 2.24) is 20.2 Å². The topological polar surface area (TPSA) is 85.8 Å². The first-order valence-corrected chi connectivity index (χ1v) is 9.68. The van der Waals surface area contributed by atoms with Gasteiger partial charge in [0.25, 0.3) is 0 Å². The molecule has 3 rings (SSSR count). The molecule has 0 bridgehead atoms. The number of nitrogens with zero attached hydrogens (tertiary/aromatic N) is 3. The Bertz CT molecular complexity index is 655. The van der Waals surface area contributed by atoms with E-state index in [2.05, 4.69) is 22.4 Å². The number of hydrogen-bond donors (Lipinski definition) is 2. The Kier molecular flexibility index (Phi) is 5.22. The van der Waals surface area contributed by atoms with Crippen LogP contribution in [0.5, 0.6) is 0 Å². The minimum atomic E-state index is 0.0365. The van der Waals surface area contributed by atoms with Crippen LogP contribution in [0.25, 0.3) is 10.7 Å². The molecule has 0 aliphatic heterocycles. The first kappa shape index (κ1) is 16.3. The van der Waals surface area contributed by atoms with E-state index in [1.54, 1.807) is 11.3 Å². The van der Waals surface area contributed by atoms with Crippen molar-refractivity contribution in [3.8, 4) is 10.7 Å². The van der Waals surface area contributed by atoms with Crippen LogP contribution in [0.2, 0.25) is 0 Å². The number of rotatable bonds is 5. The maximum absolute atomic E-state index is 12.1. The summed E-state index contributed by atoms with van der Waals surface area (Å²) >= 11 is 2.88. The molecule has 6 nitrogen and oxygen atoms in total. The van der Waals surface area contributed by atoms with E-state index in [1.807, 2.05) is 17.5 Å². The first-order chi connectivity index (χ1) is 11.1. The van der Waals surface area contributed by atoms with Gasteiger partial charge in [-0.2, -0.15) is 0 Å². The third kappa shape index (κ3) is 3.87. The Morgan fingerprint density at radius 1 is 1.48 bits per heavy atom. The Morgan fingerprint density at radius 2 is 2.30 bits per heavy atom. The van der Waals surface area contributed by atoms with E-state index in [0.29, 0.717) is 28.7 Å². The van der Waals surface area contributed by atoms with Gasteiger partial charge in [0, 0.05) is 6.04 Å². The molecule has 2 aromatic rings. The lowest BCUT2D eigenvalue weighted by Crippen LogP contribution is -2.41. The highest BCUT2D eigenvalue weighted by molar-refractivity contribution is 7.99. The third-order valence-electron chi connectivity index (χ3n) is 4.20. The van der Waals surface area contributed by atoms with Gasteiger partial charge in [0.05, 0.1) is 10.6 Å². The highest BCUT2D eigenvalue weighted by Crippen LogP contribution is 2.26. The van der Waals surface area contributed by atoms with Crippen LogP contribution < -0.4 is 11.2 Å². The average molecular weight is 352 g/mol. The zero-order valence-corrected chi connectivity index (χ0v) is 14.7. The van der Waals surface area contributed by atoms with Crippen molar-refractivity contribution >= 4 is 29.0 Å². The number of nitrogens with one attached hydrogen (secondary N) is 1. The summed E-state index contributed by atoms with van der Waals surface area (Å²) in [7, 11) is 0. The van der Waals surface area contributed by atoms with Crippen LogP contribution in [0.4, 0.5) is 0 Å². The molecule has 2 aromatic heterocycles. The second kappa shape index (κ2) is 7.35. The van der Waals surface area contributed by atoms with Gasteiger partial charge in [0.1, 0.15) is 0 Å². The molecule has 1 amide bonds. The van der Waals surface area contributed by atoms with Gasteiger partial charge in [-0.1, -0.05) is 37.6 Å². The zero-order valence-electron chi connectivity index (χ0n) is 13.1. The molecule has 0 spiro atoms. The normalized spacial score (nSPS) is 21.3. The van der Waals surface area contributed by atoms with E-state index >= 15 is 0 Å². The monoisotopic (exact) mass is 351 g/mol. The van der Waals surface area contributed by atoms with Gasteiger partial charge in [-0.05, 0) is 30.2 Å². The van der Waals surface area contributed by atoms with Crippen molar-refractivity contribution in [3.63, 3.8) is 0 Å². The van der Waals surface area contributed by atoms with Gasteiger partial charge >= 0.3 is 0 Å². The van der Waals surface area contributed by atoms with E-state index in [-0.39, 0.29) is 5.91 Å². The quantitative estimate of drug-likeness (QED) is 0.638. The summed E-state index contributed by atoms with van der Waals surface area (Å²) in [6.07, 6.45) is 4.74. The average Bonchev–Trinajstić information content (AvgIpc) is 3.17. The molecule has 1 fully saturated rings. The van der Waals surface area contributed by atoms with Crippen LogP contribution in [0.1, 0.15) is 32.6 Å². The van der Waals surface area contributed by atoms with Gasteiger partial charge in [-0.15, -0.1) is 21.5 Å². The fourth-order valence-electron chi connectivity index (χ4n) is 2.86. The molecule has 23 heavy (non-hydrogen) atoms. The summed E-state index contributed by atoms with van der Waals surface area (Å²) in [4.78, 5) is 13.1. The molecule has 0 unspecified atom stereocenters. The Morgan fingerprint density at radius 3 is 3.04 bits per heavy atom. The largest absolute Gasteiger partial charge is 0.352 e. The molecule has 2 atom stereocenters. The minimum Gasteiger partial charge on any atom is -0.352 e. The molecule has 0 aromatic carbocycles. The van der Waals surface area contributed by atoms with Gasteiger partial charge in [0.2, 0.25) is 11.1 Å². The second-order valence-electron chi connectivity index (χ2n) is 5.88. The van der Waals surface area contributed by atoms with Crippen LogP contribution in [0, 0.1) is 5.92 Å². The van der Waals surface area contributed by atoms with E-state index in [4.69, 9.17) is 5.84 Å². The molecular weight excluding hydrogens is 330 g/mol. The number of carbonyl (C=O) groups is 1. The summed E-state index contributed by atoms with van der Waals surface area (Å²) in [5.41, 5.74) is 0. The Hall–Kier alpha value is -1.54. The number of nitrogens with two attached hydrogens (primary N) is 1. The molecule has 8 heteroatoms. The lowest BCUT2D eigenvalue weighted by Gasteiger charge is -2.29. The fourth-order valence-corrected chi connectivity index (χ4v) is 4.23. The van der Waals surface area contributed by atoms with Gasteiger partial charge < -0.3 is 11.2 Å². The van der Waals surface area contributed by atoms with Crippen molar-refractivity contribution in [1.29, 1.82) is 0 Å². The van der Waals surface area contributed by atoms with Crippen molar-refractivity contribution < 1.29 is 4.79 Å². The number of thioether (sulfide) groups is 1. The molecule has 0 saturated heterocycles. The summed E-state index contributed by atoms with van der Waals surface area (Å²) in [6, 6.07) is 4.19. The number of nitrogen functional groups attached to an aromatic ring is 1. The standard InChI is InChI=1S/C15H21N5OS2/c1-10-5-2-3-6-11(10)17-13(21)9-23-15-19-18-14(20(15)16)12-7-4-8-22-12/h4,7-8,10-11H,2-3,5-6,9,16H2,1H3,(H,17,21)/t10-,11+/m0/s1. The molecule has 124 valence electrons. The number of amides is 1. The van der Waals surface area contributed by atoms with Crippen LogP contribution in [-0.2, 0) is 4.79 Å². The lowest BCUT2D eigenvalue weighted by molar-refractivity contribution is -0.119. The van der Waals surface area contributed by atoms with Crippen LogP contribution in [-0.4, -0.2) is 32.6 Å². The van der Waals surface area contributed by atoms with E-state index in [0.717, 1.165) is 11.3 Å². The number of hydrogen-bond acceptors (Lipinski definition) is 6. The van der Waals surface area contributed by atoms with Crippen LogP contribution >= 0.6 is 23.1 Å².